The van der Waals surface area contributed by atoms with Gasteiger partial charge in [0.2, 0.25) is 5.01 Å². The molecule has 0 spiro atoms. The van der Waals surface area contributed by atoms with Crippen molar-refractivity contribution in [3.05, 3.63) is 69.9 Å². The quantitative estimate of drug-likeness (QED) is 0.528. The maximum Gasteiger partial charge on any atom is 0.337 e. The zero-order valence-electron chi connectivity index (χ0n) is 18.3. The molecule has 1 saturated heterocycles. The number of carbonyl (C=O) groups is 3. The van der Waals surface area contributed by atoms with Gasteiger partial charge in [0.15, 0.2) is 0 Å². The van der Waals surface area contributed by atoms with Crippen LogP contribution in [0.5, 0.6) is 0 Å². The lowest BCUT2D eigenvalue weighted by molar-refractivity contribution is 0.0600. The summed E-state index contributed by atoms with van der Waals surface area (Å²) in [7, 11) is 1.31. The normalized spacial score (nSPS) is 13.9. The topological polar surface area (TPSA) is 114 Å². The molecule has 0 aliphatic carbocycles. The molecule has 0 bridgehead atoms. The number of hydrogen-bond donors (Lipinski definition) is 2. The minimum Gasteiger partial charge on any atom is -0.465 e. The summed E-state index contributed by atoms with van der Waals surface area (Å²) in [4.78, 5) is 38.2. The molecule has 3 aromatic rings. The number of likely N-dealkylation sites (tertiary alicyclic amines) is 1. The van der Waals surface area contributed by atoms with E-state index in [2.05, 4.69) is 25.6 Å². The number of benzene rings is 2. The predicted molar refractivity (Wildman–Crippen MR) is 125 cm³/mol. The Balaban J connectivity index is 1.29. The number of halogens is 1. The minimum atomic E-state index is -0.523. The summed E-state index contributed by atoms with van der Waals surface area (Å²) in [6.45, 7) is 1.04. The summed E-state index contributed by atoms with van der Waals surface area (Å²) in [6.07, 6.45) is 1.36. The van der Waals surface area contributed by atoms with Crippen LogP contribution in [0.2, 0.25) is 0 Å². The fourth-order valence-electron chi connectivity index (χ4n) is 3.57. The van der Waals surface area contributed by atoms with Gasteiger partial charge >= 0.3 is 12.0 Å². The Morgan fingerprint density at radius 1 is 1.03 bits per heavy atom. The van der Waals surface area contributed by atoms with Gasteiger partial charge in [-0.2, -0.15) is 0 Å². The molecule has 11 heteroatoms. The summed E-state index contributed by atoms with van der Waals surface area (Å²) in [5, 5.41) is 14.3. The van der Waals surface area contributed by atoms with Gasteiger partial charge in [0.05, 0.1) is 18.4 Å². The molecule has 34 heavy (non-hydrogen) atoms. The number of aromatic nitrogens is 2. The smallest absolute Gasteiger partial charge is 0.337 e. The standard InChI is InChI=1S/C23H22FN5O4S/c1-33-22(31)15-6-8-16(9-7-15)25-23(32)29-12-10-14(11-13-29)20-27-28-21(34-20)19(30)26-18-5-3-2-4-17(18)24/h2-9,14H,10-13H2,1H3,(H,25,32)(H,26,30). The van der Waals surface area contributed by atoms with Crippen molar-refractivity contribution in [1.29, 1.82) is 0 Å². The first-order chi connectivity index (χ1) is 16.4. The largest absolute Gasteiger partial charge is 0.465 e. The van der Waals surface area contributed by atoms with Gasteiger partial charge in [-0.1, -0.05) is 23.5 Å². The summed E-state index contributed by atoms with van der Waals surface area (Å²) in [5.41, 5.74) is 1.07. The number of methoxy groups -OCH3 is 1. The van der Waals surface area contributed by atoms with Gasteiger partial charge in [-0.05, 0) is 49.2 Å². The Hall–Kier alpha value is -3.86. The molecule has 2 heterocycles. The van der Waals surface area contributed by atoms with Crippen LogP contribution in [-0.4, -0.2) is 53.2 Å². The maximum absolute atomic E-state index is 13.8. The van der Waals surface area contributed by atoms with E-state index in [0.29, 0.717) is 37.2 Å². The fraction of sp³-hybridized carbons (Fsp3) is 0.261. The van der Waals surface area contributed by atoms with Crippen LogP contribution < -0.4 is 10.6 Å². The first-order valence-electron chi connectivity index (χ1n) is 10.6. The van der Waals surface area contributed by atoms with Gasteiger partial charge < -0.3 is 20.3 Å². The van der Waals surface area contributed by atoms with E-state index in [-0.39, 0.29) is 22.6 Å². The van der Waals surface area contributed by atoms with Crippen LogP contribution in [-0.2, 0) is 4.74 Å². The van der Waals surface area contributed by atoms with E-state index < -0.39 is 17.7 Å². The number of carbonyl (C=O) groups excluding carboxylic acids is 3. The summed E-state index contributed by atoms with van der Waals surface area (Å²) >= 11 is 1.18. The molecule has 1 fully saturated rings. The van der Waals surface area contributed by atoms with Gasteiger partial charge in [0.25, 0.3) is 5.91 Å². The molecule has 0 atom stereocenters. The Labute approximate surface area is 198 Å². The van der Waals surface area contributed by atoms with Crippen molar-refractivity contribution in [1.82, 2.24) is 15.1 Å². The number of rotatable bonds is 5. The lowest BCUT2D eigenvalue weighted by atomic mass is 9.98. The van der Waals surface area contributed by atoms with Gasteiger partial charge in [0.1, 0.15) is 10.8 Å². The predicted octanol–water partition coefficient (Wildman–Crippen LogP) is 4.13. The monoisotopic (exact) mass is 483 g/mol. The second kappa shape index (κ2) is 10.4. The lowest BCUT2D eigenvalue weighted by Gasteiger charge is -2.31. The van der Waals surface area contributed by atoms with Gasteiger partial charge in [0, 0.05) is 24.7 Å². The Kier molecular flexibility index (Phi) is 7.12. The zero-order chi connectivity index (χ0) is 24.1. The fourth-order valence-corrected chi connectivity index (χ4v) is 4.48. The number of hydrogen-bond acceptors (Lipinski definition) is 7. The van der Waals surface area contributed by atoms with Crippen molar-refractivity contribution < 1.29 is 23.5 Å². The van der Waals surface area contributed by atoms with E-state index in [0.717, 1.165) is 5.01 Å². The van der Waals surface area contributed by atoms with Gasteiger partial charge in [-0.15, -0.1) is 10.2 Å². The molecule has 0 unspecified atom stereocenters. The minimum absolute atomic E-state index is 0.0795. The molecule has 0 saturated carbocycles. The van der Waals surface area contributed by atoms with E-state index in [1.54, 1.807) is 41.3 Å². The van der Waals surface area contributed by atoms with Crippen molar-refractivity contribution in [2.24, 2.45) is 0 Å². The molecular formula is C23H22FN5O4S. The van der Waals surface area contributed by atoms with Crippen LogP contribution >= 0.6 is 11.3 Å². The molecule has 3 amide bonds. The van der Waals surface area contributed by atoms with Crippen LogP contribution in [0.15, 0.2) is 48.5 Å². The molecule has 2 N–H and O–H groups in total. The van der Waals surface area contributed by atoms with Crippen molar-refractivity contribution in [2.45, 2.75) is 18.8 Å². The van der Waals surface area contributed by atoms with Crippen LogP contribution in [0.25, 0.3) is 0 Å². The number of nitrogens with zero attached hydrogens (tertiary/aromatic N) is 3. The van der Waals surface area contributed by atoms with Crippen LogP contribution in [0.1, 0.15) is 43.9 Å². The van der Waals surface area contributed by atoms with E-state index in [4.69, 9.17) is 0 Å². The average molecular weight is 484 g/mol. The highest BCUT2D eigenvalue weighted by Gasteiger charge is 2.27. The highest BCUT2D eigenvalue weighted by molar-refractivity contribution is 7.13. The number of urea groups is 1. The Morgan fingerprint density at radius 2 is 1.74 bits per heavy atom. The molecule has 4 rings (SSSR count). The highest BCUT2D eigenvalue weighted by Crippen LogP contribution is 2.30. The third kappa shape index (κ3) is 5.37. The van der Waals surface area contributed by atoms with Crippen molar-refractivity contribution in [3.63, 3.8) is 0 Å². The van der Waals surface area contributed by atoms with Crippen LogP contribution in [0.4, 0.5) is 20.6 Å². The van der Waals surface area contributed by atoms with E-state index >= 15 is 0 Å². The molecule has 1 aliphatic rings. The second-order valence-corrected chi connectivity index (χ2v) is 8.65. The second-order valence-electron chi connectivity index (χ2n) is 7.64. The molecule has 1 aromatic heterocycles. The number of anilines is 2. The van der Waals surface area contributed by atoms with Crippen LogP contribution in [0.3, 0.4) is 0 Å². The first kappa shape index (κ1) is 23.3. The zero-order valence-corrected chi connectivity index (χ0v) is 19.1. The van der Waals surface area contributed by atoms with Gasteiger partial charge in [-0.25, -0.2) is 14.0 Å². The average Bonchev–Trinajstić information content (AvgIpc) is 3.36. The summed E-state index contributed by atoms with van der Waals surface area (Å²) in [5.74, 6) is -1.39. The number of ether oxygens (including phenoxy) is 1. The van der Waals surface area contributed by atoms with E-state index in [1.165, 1.54) is 30.6 Å². The number of para-hydroxylation sites is 1. The number of esters is 1. The molecular weight excluding hydrogens is 461 g/mol. The van der Waals surface area contributed by atoms with Crippen molar-refractivity contribution in [3.8, 4) is 0 Å². The van der Waals surface area contributed by atoms with Crippen molar-refractivity contribution >= 4 is 40.6 Å². The Morgan fingerprint density at radius 3 is 2.41 bits per heavy atom. The summed E-state index contributed by atoms with van der Waals surface area (Å²) in [6, 6.07) is 12.1. The molecule has 2 aromatic carbocycles. The maximum atomic E-state index is 13.8. The third-order valence-electron chi connectivity index (χ3n) is 5.45. The third-order valence-corrected chi connectivity index (χ3v) is 6.53. The molecule has 0 radical (unpaired) electrons. The molecule has 9 nitrogen and oxygen atoms in total. The lowest BCUT2D eigenvalue weighted by Crippen LogP contribution is -2.40. The van der Waals surface area contributed by atoms with Gasteiger partial charge in [-0.3, -0.25) is 4.79 Å². The first-order valence-corrected chi connectivity index (χ1v) is 11.4. The number of amides is 3. The Bertz CT molecular complexity index is 1190. The number of piperidine rings is 1. The van der Waals surface area contributed by atoms with Crippen LogP contribution in [0, 0.1) is 5.82 Å². The molecule has 1 aliphatic heterocycles. The number of nitrogens with one attached hydrogen (secondary N) is 2. The van der Waals surface area contributed by atoms with Crippen molar-refractivity contribution in [2.75, 3.05) is 30.8 Å². The van der Waals surface area contributed by atoms with E-state index in [1.807, 2.05) is 0 Å². The highest BCUT2D eigenvalue weighted by atomic mass is 32.1. The van der Waals surface area contributed by atoms with E-state index in [9.17, 15) is 18.8 Å². The summed E-state index contributed by atoms with van der Waals surface area (Å²) < 4.78 is 18.4. The SMILES string of the molecule is COC(=O)c1ccc(NC(=O)N2CCC(c3nnc(C(=O)Nc4ccccc4F)s3)CC2)cc1. The molecule has 176 valence electrons.